The van der Waals surface area contributed by atoms with Gasteiger partial charge >= 0.3 is 0 Å². The lowest BCUT2D eigenvalue weighted by Gasteiger charge is -2.57. The number of fused-ring (bicyclic) bond motifs is 5. The largest absolute Gasteiger partial charge is 0.381 e. The summed E-state index contributed by atoms with van der Waals surface area (Å²) in [5.41, 5.74) is 1.17. The van der Waals surface area contributed by atoms with Crippen molar-refractivity contribution in [3.63, 3.8) is 0 Å². The number of allylic oxidation sites excluding steroid dienone is 1. The van der Waals surface area contributed by atoms with E-state index in [2.05, 4.69) is 38.7 Å². The highest BCUT2D eigenvalue weighted by Gasteiger charge is 2.57. The van der Waals surface area contributed by atoms with E-state index in [1.165, 1.54) is 57.8 Å². The highest BCUT2D eigenvalue weighted by atomic mass is 16.5. The van der Waals surface area contributed by atoms with Gasteiger partial charge in [0.05, 0.1) is 6.07 Å². The van der Waals surface area contributed by atoms with Crippen LogP contribution >= 0.6 is 0 Å². The van der Waals surface area contributed by atoms with Crippen LogP contribution in [-0.2, 0) is 4.74 Å². The van der Waals surface area contributed by atoms with Crippen LogP contribution in [0, 0.1) is 64.1 Å². The van der Waals surface area contributed by atoms with Gasteiger partial charge in [-0.15, -0.1) is 0 Å². The number of nitrogens with zero attached hydrogens (tertiary/aromatic N) is 3. The first-order chi connectivity index (χ1) is 15.9. The van der Waals surface area contributed by atoms with Crippen LogP contribution in [0.1, 0.15) is 85.5 Å². The van der Waals surface area contributed by atoms with E-state index < -0.39 is 0 Å². The predicted octanol–water partition coefficient (Wildman–Crippen LogP) is 6.89. The highest BCUT2D eigenvalue weighted by Crippen LogP contribution is 2.65. The first-order valence-corrected chi connectivity index (χ1v) is 13.8. The van der Waals surface area contributed by atoms with Crippen molar-refractivity contribution in [1.82, 2.24) is 5.01 Å². The molecule has 0 radical (unpaired) electrons. The van der Waals surface area contributed by atoms with Gasteiger partial charge in [-0.25, -0.2) is 0 Å². The monoisotopic (exact) mass is 453 g/mol. The third-order valence-electron chi connectivity index (χ3n) is 10.6. The Kier molecular flexibility index (Phi) is 7.89. The number of nitriles is 1. The number of hydrogen-bond acceptors (Lipinski definition) is 4. The van der Waals surface area contributed by atoms with Crippen molar-refractivity contribution in [2.75, 3.05) is 19.8 Å². The van der Waals surface area contributed by atoms with E-state index in [4.69, 9.17) is 10.00 Å². The summed E-state index contributed by atoms with van der Waals surface area (Å²) in [5.74, 6) is 6.94. The molecule has 4 aliphatic rings. The van der Waals surface area contributed by atoms with Crippen LogP contribution < -0.4 is 0 Å². The minimum absolute atomic E-state index is 0.473. The second-order valence-corrected chi connectivity index (χ2v) is 12.2. The Hall–Kier alpha value is -1.34. The van der Waals surface area contributed by atoms with Crippen LogP contribution in [0.15, 0.2) is 16.9 Å². The van der Waals surface area contributed by atoms with Crippen molar-refractivity contribution < 1.29 is 4.74 Å². The summed E-state index contributed by atoms with van der Waals surface area (Å²) in [6.07, 6.45) is 14.7. The smallest absolute Gasteiger partial charge is 0.0960 e. The number of rotatable bonds is 8. The Bertz CT molecular complexity index is 756. The third-order valence-corrected chi connectivity index (χ3v) is 10.6. The minimum Gasteiger partial charge on any atom is -0.381 e. The lowest BCUT2D eigenvalue weighted by atomic mass is 9.49. The Labute approximate surface area is 202 Å². The minimum atomic E-state index is 0.473. The van der Waals surface area contributed by atoms with E-state index in [0.29, 0.717) is 16.9 Å². The number of hydrogen-bond donors (Lipinski definition) is 0. The molecule has 0 amide bonds. The van der Waals surface area contributed by atoms with E-state index >= 15 is 0 Å². The second-order valence-electron chi connectivity index (χ2n) is 12.2. The molecule has 0 saturated heterocycles. The molecule has 0 bridgehead atoms. The molecule has 0 aromatic heterocycles. The molecule has 0 heterocycles. The van der Waals surface area contributed by atoms with E-state index in [0.717, 1.165) is 61.2 Å². The Morgan fingerprint density at radius 3 is 2.70 bits per heavy atom. The van der Waals surface area contributed by atoms with Gasteiger partial charge in [0.1, 0.15) is 0 Å². The van der Waals surface area contributed by atoms with Gasteiger partial charge < -0.3 is 4.74 Å². The Morgan fingerprint density at radius 2 is 1.97 bits per heavy atom. The SMILES string of the molecule is C=NN(/C=C(\C)C#N)CC(C)C1CCC2C3CCC4CC(COCC)CCC4C3CCC12C. The summed E-state index contributed by atoms with van der Waals surface area (Å²) in [6, 6.07) is 2.22. The maximum Gasteiger partial charge on any atom is 0.0960 e. The van der Waals surface area contributed by atoms with E-state index in [9.17, 15) is 0 Å². The fourth-order valence-electron chi connectivity index (χ4n) is 9.19. The summed E-state index contributed by atoms with van der Waals surface area (Å²) < 4.78 is 5.79. The maximum absolute atomic E-state index is 9.15. The molecule has 0 aromatic carbocycles. The van der Waals surface area contributed by atoms with Crippen molar-refractivity contribution in [2.45, 2.75) is 85.5 Å². The molecule has 0 aromatic rings. The third kappa shape index (κ3) is 4.90. The first-order valence-electron chi connectivity index (χ1n) is 13.8. The van der Waals surface area contributed by atoms with Crippen molar-refractivity contribution >= 4 is 6.72 Å². The molecule has 4 rings (SSSR count). The molecular formula is C29H47N3O. The zero-order valence-corrected chi connectivity index (χ0v) is 21.6. The summed E-state index contributed by atoms with van der Waals surface area (Å²) in [6.45, 7) is 15.5. The van der Waals surface area contributed by atoms with Crippen molar-refractivity contribution in [2.24, 2.45) is 57.9 Å². The normalized spacial score (nSPS) is 41.3. The molecular weight excluding hydrogens is 406 g/mol. The predicted molar refractivity (Wildman–Crippen MR) is 135 cm³/mol. The van der Waals surface area contributed by atoms with Gasteiger partial charge in [-0.1, -0.05) is 13.8 Å². The van der Waals surface area contributed by atoms with Gasteiger partial charge in [-0.3, -0.25) is 5.01 Å². The van der Waals surface area contributed by atoms with E-state index in [1.54, 1.807) is 0 Å². The molecule has 0 spiro atoms. The molecule has 4 heteroatoms. The summed E-state index contributed by atoms with van der Waals surface area (Å²) in [4.78, 5) is 0. The van der Waals surface area contributed by atoms with Gasteiger partial charge in [0.15, 0.2) is 0 Å². The quantitative estimate of drug-likeness (QED) is 0.228. The summed E-state index contributed by atoms with van der Waals surface area (Å²) in [5, 5.41) is 15.2. The van der Waals surface area contributed by atoms with E-state index in [-0.39, 0.29) is 0 Å². The molecule has 4 nitrogen and oxygen atoms in total. The molecule has 0 aliphatic heterocycles. The van der Waals surface area contributed by atoms with Crippen molar-refractivity contribution in [3.05, 3.63) is 11.8 Å². The van der Waals surface area contributed by atoms with Crippen LogP contribution in [0.4, 0.5) is 0 Å². The lowest BCUT2D eigenvalue weighted by Crippen LogP contribution is -2.49. The zero-order chi connectivity index (χ0) is 23.6. The van der Waals surface area contributed by atoms with Crippen LogP contribution in [0.5, 0.6) is 0 Å². The van der Waals surface area contributed by atoms with E-state index in [1.807, 2.05) is 18.1 Å². The highest BCUT2D eigenvalue weighted by molar-refractivity contribution is 5.24. The standard InChI is InChI=1S/C29H47N3O/c1-6-33-19-22-7-9-24-23(15-22)8-10-26-25(24)13-14-29(4)27(11-12-28(26)29)21(3)18-32(31-5)17-20(2)16-30/h17,21-28H,5-15,18-19H2,1-4H3/b20-17+. The van der Waals surface area contributed by atoms with Crippen LogP contribution in [0.2, 0.25) is 0 Å². The molecule has 4 fully saturated rings. The molecule has 0 N–H and O–H groups in total. The molecule has 33 heavy (non-hydrogen) atoms. The zero-order valence-electron chi connectivity index (χ0n) is 21.6. The van der Waals surface area contributed by atoms with Crippen LogP contribution in [0.3, 0.4) is 0 Å². The summed E-state index contributed by atoms with van der Waals surface area (Å²) >= 11 is 0. The maximum atomic E-state index is 9.15. The van der Waals surface area contributed by atoms with Gasteiger partial charge in [0.2, 0.25) is 0 Å². The lowest BCUT2D eigenvalue weighted by molar-refractivity contribution is -0.0785. The van der Waals surface area contributed by atoms with Crippen LogP contribution in [0.25, 0.3) is 0 Å². The number of hydrazone groups is 1. The Balaban J connectivity index is 1.41. The second kappa shape index (κ2) is 10.5. The first kappa shape index (κ1) is 24.8. The summed E-state index contributed by atoms with van der Waals surface area (Å²) in [7, 11) is 0. The molecule has 4 aliphatic carbocycles. The topological polar surface area (TPSA) is 48.6 Å². The van der Waals surface area contributed by atoms with Gasteiger partial charge in [-0.05, 0) is 124 Å². The van der Waals surface area contributed by atoms with Crippen molar-refractivity contribution in [3.8, 4) is 6.07 Å². The average Bonchev–Trinajstić information content (AvgIpc) is 3.19. The molecule has 9 atom stereocenters. The van der Waals surface area contributed by atoms with Gasteiger partial charge in [-0.2, -0.15) is 10.4 Å². The average molecular weight is 454 g/mol. The molecule has 184 valence electrons. The Morgan fingerprint density at radius 1 is 1.18 bits per heavy atom. The number of ether oxygens (including phenoxy) is 1. The fraction of sp³-hybridized carbons (Fsp3) is 0.862. The van der Waals surface area contributed by atoms with Gasteiger partial charge in [0.25, 0.3) is 0 Å². The van der Waals surface area contributed by atoms with Crippen molar-refractivity contribution in [1.29, 1.82) is 5.26 Å². The fourth-order valence-corrected chi connectivity index (χ4v) is 9.19. The molecule has 4 saturated carbocycles. The van der Waals surface area contributed by atoms with Crippen LogP contribution in [-0.4, -0.2) is 31.5 Å². The molecule has 9 unspecified atom stereocenters. The van der Waals surface area contributed by atoms with Gasteiger partial charge in [0, 0.05) is 38.2 Å².